The van der Waals surface area contributed by atoms with E-state index in [4.69, 9.17) is 0 Å². The Morgan fingerprint density at radius 1 is 1.19 bits per heavy atom. The predicted octanol–water partition coefficient (Wildman–Crippen LogP) is 2.15. The minimum Gasteiger partial charge on any atom is -0.480 e. The minimum atomic E-state index is -4.09. The van der Waals surface area contributed by atoms with Gasteiger partial charge in [0, 0.05) is 23.5 Å². The molecular weight excluding hydrogens is 388 g/mol. The number of carboxylic acids is 1. The summed E-state index contributed by atoms with van der Waals surface area (Å²) in [6.07, 6.45) is 1.70. The molecule has 0 spiro atoms. The van der Waals surface area contributed by atoms with Crippen molar-refractivity contribution in [3.05, 3.63) is 54.2 Å². The Bertz CT molecular complexity index is 1250. The van der Waals surface area contributed by atoms with E-state index in [2.05, 4.69) is 18.5 Å². The first-order valence-electron chi connectivity index (χ1n) is 7.97. The van der Waals surface area contributed by atoms with E-state index in [1.807, 2.05) is 24.3 Å². The number of fused-ring (bicyclic) bond motifs is 2. The summed E-state index contributed by atoms with van der Waals surface area (Å²) in [4.78, 5) is 14.7. The molecule has 2 aromatic heterocycles. The molecule has 4 aromatic rings. The summed E-state index contributed by atoms with van der Waals surface area (Å²) in [6.45, 7) is 0. The highest BCUT2D eigenvalue weighted by Gasteiger charge is 2.28. The number of hydrogen-bond donors (Lipinski definition) is 3. The molecule has 0 unspecified atom stereocenters. The fraction of sp³-hybridized carbons (Fsp3) is 0.118. The van der Waals surface area contributed by atoms with Crippen LogP contribution in [0.25, 0.3) is 21.9 Å². The van der Waals surface area contributed by atoms with Crippen molar-refractivity contribution in [3.63, 3.8) is 0 Å². The van der Waals surface area contributed by atoms with Crippen molar-refractivity contribution >= 4 is 49.7 Å². The number of nitrogens with zero attached hydrogens (tertiary/aromatic N) is 2. The van der Waals surface area contributed by atoms with E-state index < -0.39 is 22.0 Å². The molecule has 8 nitrogen and oxygen atoms in total. The maximum atomic E-state index is 12.8. The van der Waals surface area contributed by atoms with Gasteiger partial charge in [0.1, 0.15) is 22.0 Å². The molecule has 0 fully saturated rings. The number of hydrogen-bond acceptors (Lipinski definition) is 6. The highest BCUT2D eigenvalue weighted by Crippen LogP contribution is 2.23. The van der Waals surface area contributed by atoms with Crippen molar-refractivity contribution in [1.82, 2.24) is 18.5 Å². The zero-order valence-corrected chi connectivity index (χ0v) is 15.4. The van der Waals surface area contributed by atoms with E-state index in [0.717, 1.165) is 22.6 Å². The van der Waals surface area contributed by atoms with Gasteiger partial charge in [-0.2, -0.15) is 13.5 Å². The predicted molar refractivity (Wildman–Crippen MR) is 101 cm³/mol. The maximum Gasteiger partial charge on any atom is 0.322 e. The van der Waals surface area contributed by atoms with Crippen molar-refractivity contribution in [2.24, 2.45) is 0 Å². The number of para-hydroxylation sites is 1. The lowest BCUT2D eigenvalue weighted by molar-refractivity contribution is -0.138. The smallest absolute Gasteiger partial charge is 0.322 e. The van der Waals surface area contributed by atoms with Crippen LogP contribution >= 0.6 is 11.7 Å². The van der Waals surface area contributed by atoms with Gasteiger partial charge in [0.05, 0.1) is 11.7 Å². The maximum absolute atomic E-state index is 12.8. The number of nitrogens with one attached hydrogen (secondary N) is 2. The Morgan fingerprint density at radius 3 is 2.81 bits per heavy atom. The van der Waals surface area contributed by atoms with E-state index in [0.29, 0.717) is 11.1 Å². The molecule has 0 amide bonds. The summed E-state index contributed by atoms with van der Waals surface area (Å²) in [5.74, 6) is -1.26. The Morgan fingerprint density at radius 2 is 2.00 bits per heavy atom. The zero-order chi connectivity index (χ0) is 19.0. The Labute approximate surface area is 158 Å². The molecule has 0 saturated carbocycles. The third-order valence-electron chi connectivity index (χ3n) is 4.23. The van der Waals surface area contributed by atoms with Crippen molar-refractivity contribution in [3.8, 4) is 0 Å². The molecule has 0 bridgehead atoms. The second-order valence-electron chi connectivity index (χ2n) is 5.96. The van der Waals surface area contributed by atoms with E-state index in [1.54, 1.807) is 18.3 Å². The van der Waals surface area contributed by atoms with Crippen LogP contribution in [0.1, 0.15) is 5.56 Å². The SMILES string of the molecule is O=C(O)[C@@H](Cc1c[nH]c2ccccc12)NS(=O)(=O)c1cccc2nsnc12. The van der Waals surface area contributed by atoms with Crippen LogP contribution in [-0.4, -0.2) is 39.3 Å². The van der Waals surface area contributed by atoms with Crippen LogP contribution in [0, 0.1) is 0 Å². The monoisotopic (exact) mass is 402 g/mol. The van der Waals surface area contributed by atoms with Gasteiger partial charge in [-0.25, -0.2) is 8.42 Å². The Kier molecular flexibility index (Phi) is 4.38. The van der Waals surface area contributed by atoms with Gasteiger partial charge < -0.3 is 10.1 Å². The van der Waals surface area contributed by atoms with Gasteiger partial charge in [-0.05, 0) is 23.8 Å². The molecule has 10 heteroatoms. The molecule has 3 N–H and O–H groups in total. The summed E-state index contributed by atoms with van der Waals surface area (Å²) in [5, 5.41) is 10.4. The average molecular weight is 402 g/mol. The molecule has 138 valence electrons. The van der Waals surface area contributed by atoms with Crippen LogP contribution in [-0.2, 0) is 21.2 Å². The molecule has 1 atom stereocenters. The molecule has 2 aromatic carbocycles. The summed E-state index contributed by atoms with van der Waals surface area (Å²) in [6, 6.07) is 10.7. The summed E-state index contributed by atoms with van der Waals surface area (Å²) < 4.78 is 35.9. The first kappa shape index (κ1) is 17.6. The van der Waals surface area contributed by atoms with E-state index >= 15 is 0 Å². The normalized spacial score (nSPS) is 13.2. The molecule has 27 heavy (non-hydrogen) atoms. The fourth-order valence-electron chi connectivity index (χ4n) is 2.95. The van der Waals surface area contributed by atoms with Crippen LogP contribution in [0.5, 0.6) is 0 Å². The molecule has 2 heterocycles. The number of benzene rings is 2. The Balaban J connectivity index is 1.67. The number of carbonyl (C=O) groups is 1. The lowest BCUT2D eigenvalue weighted by atomic mass is 10.1. The highest BCUT2D eigenvalue weighted by molar-refractivity contribution is 7.89. The van der Waals surface area contributed by atoms with Crippen molar-refractivity contribution in [2.45, 2.75) is 17.4 Å². The van der Waals surface area contributed by atoms with Crippen LogP contribution in [0.2, 0.25) is 0 Å². The standard InChI is InChI=1S/C17H14N4O4S2/c22-17(23)14(8-10-9-18-12-5-2-1-4-11(10)12)21-27(24,25)15-7-3-6-13-16(15)20-26-19-13/h1-7,9,14,18,21H,8H2,(H,22,23)/t14-/m1/s1. The van der Waals surface area contributed by atoms with Gasteiger partial charge >= 0.3 is 5.97 Å². The third-order valence-corrected chi connectivity index (χ3v) is 6.28. The molecule has 0 aliphatic heterocycles. The topological polar surface area (TPSA) is 125 Å². The minimum absolute atomic E-state index is 0.00384. The van der Waals surface area contributed by atoms with Crippen LogP contribution in [0.4, 0.5) is 0 Å². The number of rotatable bonds is 6. The number of sulfonamides is 1. The first-order valence-corrected chi connectivity index (χ1v) is 10.2. The highest BCUT2D eigenvalue weighted by atomic mass is 32.2. The Hall–Kier alpha value is -2.82. The molecule has 4 rings (SSSR count). The number of carboxylic acid groups (broad SMARTS) is 1. The second-order valence-corrected chi connectivity index (χ2v) is 8.17. The first-order chi connectivity index (χ1) is 13.0. The van der Waals surface area contributed by atoms with E-state index in [-0.39, 0.29) is 16.8 Å². The van der Waals surface area contributed by atoms with Gasteiger partial charge in [0.25, 0.3) is 0 Å². The fourth-order valence-corrected chi connectivity index (χ4v) is 4.90. The van der Waals surface area contributed by atoms with Crippen molar-refractivity contribution < 1.29 is 18.3 Å². The third kappa shape index (κ3) is 3.29. The second kappa shape index (κ2) is 6.72. The van der Waals surface area contributed by atoms with Crippen LogP contribution in [0.3, 0.4) is 0 Å². The van der Waals surface area contributed by atoms with Crippen LogP contribution in [0.15, 0.2) is 53.6 Å². The van der Waals surface area contributed by atoms with Gasteiger partial charge in [-0.1, -0.05) is 24.3 Å². The molecular formula is C17H14N4O4S2. The lowest BCUT2D eigenvalue weighted by Crippen LogP contribution is -2.42. The summed E-state index contributed by atoms with van der Waals surface area (Å²) in [5.41, 5.74) is 2.25. The van der Waals surface area contributed by atoms with Crippen LogP contribution < -0.4 is 4.72 Å². The van der Waals surface area contributed by atoms with Crippen molar-refractivity contribution in [2.75, 3.05) is 0 Å². The quantitative estimate of drug-likeness (QED) is 0.454. The van der Waals surface area contributed by atoms with Gasteiger partial charge in [-0.15, -0.1) is 0 Å². The zero-order valence-electron chi connectivity index (χ0n) is 13.8. The summed E-state index contributed by atoms with van der Waals surface area (Å²) >= 11 is 0.901. The van der Waals surface area contributed by atoms with E-state index in [1.165, 1.54) is 6.07 Å². The van der Waals surface area contributed by atoms with Gasteiger partial charge in [-0.3, -0.25) is 4.79 Å². The number of H-pyrrole nitrogens is 1. The number of aromatic nitrogens is 3. The molecule has 0 saturated heterocycles. The molecule has 0 aliphatic rings. The lowest BCUT2D eigenvalue weighted by Gasteiger charge is -2.14. The molecule has 0 aliphatic carbocycles. The van der Waals surface area contributed by atoms with Gasteiger partial charge in [0.15, 0.2) is 0 Å². The molecule has 0 radical (unpaired) electrons. The van der Waals surface area contributed by atoms with Crippen molar-refractivity contribution in [1.29, 1.82) is 0 Å². The number of aliphatic carboxylic acids is 1. The number of aromatic amines is 1. The summed E-state index contributed by atoms with van der Waals surface area (Å²) in [7, 11) is -4.09. The van der Waals surface area contributed by atoms with E-state index in [9.17, 15) is 18.3 Å². The average Bonchev–Trinajstić information content (AvgIpc) is 3.27. The largest absolute Gasteiger partial charge is 0.480 e. The van der Waals surface area contributed by atoms with Gasteiger partial charge in [0.2, 0.25) is 10.0 Å².